The Balaban J connectivity index is 3.46. The summed E-state index contributed by atoms with van der Waals surface area (Å²) in [5.74, 6) is 0.400. The van der Waals surface area contributed by atoms with E-state index in [-0.39, 0.29) is 11.4 Å². The van der Waals surface area contributed by atoms with Crippen molar-refractivity contribution in [1.29, 1.82) is 0 Å². The summed E-state index contributed by atoms with van der Waals surface area (Å²) in [5, 5.41) is 3.25. The van der Waals surface area contributed by atoms with Crippen LogP contribution in [0.3, 0.4) is 0 Å². The molecule has 0 bridgehead atoms. The molecule has 0 radical (unpaired) electrons. The van der Waals surface area contributed by atoms with E-state index in [0.717, 1.165) is 19.6 Å². The number of carbonyl (C=O) groups excluding carboxylic acids is 1. The third kappa shape index (κ3) is 9.93. The van der Waals surface area contributed by atoms with E-state index in [1.54, 1.807) is 0 Å². The minimum absolute atomic E-state index is 0.243. The zero-order valence-corrected chi connectivity index (χ0v) is 11.0. The van der Waals surface area contributed by atoms with E-state index in [1.807, 2.05) is 13.8 Å². The van der Waals surface area contributed by atoms with E-state index in [1.165, 1.54) is 0 Å². The first-order valence-electron chi connectivity index (χ1n) is 5.94. The quantitative estimate of drug-likeness (QED) is 0.587. The van der Waals surface area contributed by atoms with Crippen LogP contribution in [0.4, 0.5) is 0 Å². The molecule has 96 valence electrons. The molecule has 3 N–H and O–H groups in total. The molecular formula is C12H26N2O2. The van der Waals surface area contributed by atoms with Crippen molar-refractivity contribution >= 4 is 5.91 Å². The third-order valence-corrected chi connectivity index (χ3v) is 2.31. The minimum atomic E-state index is -0.279. The molecule has 4 heteroatoms. The normalized spacial score (nSPS) is 12.1. The van der Waals surface area contributed by atoms with Crippen LogP contribution in [0.5, 0.6) is 0 Å². The number of primary amides is 1. The second kappa shape index (κ2) is 7.63. The van der Waals surface area contributed by atoms with Crippen molar-refractivity contribution in [3.8, 4) is 0 Å². The lowest BCUT2D eigenvalue weighted by atomic mass is 10.0. The van der Waals surface area contributed by atoms with Crippen LogP contribution in [0.15, 0.2) is 0 Å². The smallest absolute Gasteiger partial charge is 0.219 e. The van der Waals surface area contributed by atoms with E-state index >= 15 is 0 Å². The summed E-state index contributed by atoms with van der Waals surface area (Å²) in [6.07, 6.45) is 1.43. The Bertz CT molecular complexity index is 203. The van der Waals surface area contributed by atoms with Crippen molar-refractivity contribution in [3.05, 3.63) is 0 Å². The number of amides is 1. The molecule has 1 amide bonds. The monoisotopic (exact) mass is 230 g/mol. The number of nitrogens with one attached hydrogen (secondary N) is 1. The molecule has 0 aromatic heterocycles. The number of nitrogens with two attached hydrogens (primary N) is 1. The molecule has 0 aliphatic heterocycles. The maximum Gasteiger partial charge on any atom is 0.219 e. The van der Waals surface area contributed by atoms with Crippen LogP contribution in [0.2, 0.25) is 0 Å². The SMILES string of the molecule is CC(C)CCOCCNC(C)(C)CC(N)=O. The fourth-order valence-corrected chi connectivity index (χ4v) is 1.38. The van der Waals surface area contributed by atoms with Crippen molar-refractivity contribution < 1.29 is 9.53 Å². The number of hydrogen-bond donors (Lipinski definition) is 2. The average molecular weight is 230 g/mol. The van der Waals surface area contributed by atoms with Crippen LogP contribution in [-0.4, -0.2) is 31.2 Å². The van der Waals surface area contributed by atoms with Crippen LogP contribution >= 0.6 is 0 Å². The minimum Gasteiger partial charge on any atom is -0.380 e. The highest BCUT2D eigenvalue weighted by atomic mass is 16.5. The Morgan fingerprint density at radius 3 is 2.50 bits per heavy atom. The van der Waals surface area contributed by atoms with Crippen molar-refractivity contribution in [3.63, 3.8) is 0 Å². The van der Waals surface area contributed by atoms with Gasteiger partial charge in [-0.3, -0.25) is 4.79 Å². The molecule has 0 saturated carbocycles. The number of rotatable bonds is 9. The van der Waals surface area contributed by atoms with E-state index < -0.39 is 0 Å². The van der Waals surface area contributed by atoms with Crippen LogP contribution in [0.1, 0.15) is 40.5 Å². The molecule has 0 aliphatic carbocycles. The Kier molecular flexibility index (Phi) is 7.34. The molecule has 0 heterocycles. The molecule has 0 spiro atoms. The Morgan fingerprint density at radius 2 is 2.00 bits per heavy atom. The lowest BCUT2D eigenvalue weighted by Gasteiger charge is -2.24. The first-order chi connectivity index (χ1) is 7.33. The number of ether oxygens (including phenoxy) is 1. The topological polar surface area (TPSA) is 64.3 Å². The zero-order valence-electron chi connectivity index (χ0n) is 11.0. The predicted molar refractivity (Wildman–Crippen MR) is 66.2 cm³/mol. The van der Waals surface area contributed by atoms with Crippen molar-refractivity contribution in [2.24, 2.45) is 11.7 Å². The highest BCUT2D eigenvalue weighted by Gasteiger charge is 2.18. The van der Waals surface area contributed by atoms with Gasteiger partial charge in [-0.25, -0.2) is 0 Å². The van der Waals surface area contributed by atoms with Crippen LogP contribution in [0, 0.1) is 5.92 Å². The molecule has 0 aromatic rings. The Morgan fingerprint density at radius 1 is 1.38 bits per heavy atom. The molecule has 0 unspecified atom stereocenters. The average Bonchev–Trinajstić information content (AvgIpc) is 2.08. The summed E-state index contributed by atoms with van der Waals surface area (Å²) in [6, 6.07) is 0. The van der Waals surface area contributed by atoms with Gasteiger partial charge in [-0.15, -0.1) is 0 Å². The summed E-state index contributed by atoms with van der Waals surface area (Å²) in [5.41, 5.74) is 4.91. The second-order valence-electron chi connectivity index (χ2n) is 5.25. The zero-order chi connectivity index (χ0) is 12.6. The van der Waals surface area contributed by atoms with Crippen LogP contribution in [-0.2, 0) is 9.53 Å². The van der Waals surface area contributed by atoms with Crippen LogP contribution < -0.4 is 11.1 Å². The lowest BCUT2D eigenvalue weighted by molar-refractivity contribution is -0.119. The summed E-state index contributed by atoms with van der Waals surface area (Å²) >= 11 is 0. The van der Waals surface area contributed by atoms with Gasteiger partial charge in [0.05, 0.1) is 6.61 Å². The van der Waals surface area contributed by atoms with Gasteiger partial charge in [-0.05, 0) is 26.2 Å². The summed E-state index contributed by atoms with van der Waals surface area (Å²) < 4.78 is 5.47. The van der Waals surface area contributed by atoms with Gasteiger partial charge in [0, 0.05) is 25.1 Å². The third-order valence-electron chi connectivity index (χ3n) is 2.31. The molecule has 4 nitrogen and oxygen atoms in total. The lowest BCUT2D eigenvalue weighted by Crippen LogP contribution is -2.44. The van der Waals surface area contributed by atoms with Crippen molar-refractivity contribution in [2.75, 3.05) is 19.8 Å². The largest absolute Gasteiger partial charge is 0.380 e. The van der Waals surface area contributed by atoms with Gasteiger partial charge in [0.1, 0.15) is 0 Å². The maximum absolute atomic E-state index is 10.8. The van der Waals surface area contributed by atoms with Gasteiger partial charge in [0.25, 0.3) is 0 Å². The molecule has 0 aliphatic rings. The highest BCUT2D eigenvalue weighted by molar-refractivity contribution is 5.74. The summed E-state index contributed by atoms with van der Waals surface area (Å²) in [4.78, 5) is 10.8. The number of carbonyl (C=O) groups is 1. The second-order valence-corrected chi connectivity index (χ2v) is 5.25. The van der Waals surface area contributed by atoms with Crippen molar-refractivity contribution in [2.45, 2.75) is 46.1 Å². The van der Waals surface area contributed by atoms with Crippen LogP contribution in [0.25, 0.3) is 0 Å². The molecule has 0 aromatic carbocycles. The van der Waals surface area contributed by atoms with Gasteiger partial charge in [0.15, 0.2) is 0 Å². The first kappa shape index (κ1) is 15.4. The summed E-state index contributed by atoms with van der Waals surface area (Å²) in [6.45, 7) is 10.5. The van der Waals surface area contributed by atoms with Crippen molar-refractivity contribution in [1.82, 2.24) is 5.32 Å². The molecule has 0 fully saturated rings. The van der Waals surface area contributed by atoms with Gasteiger partial charge >= 0.3 is 0 Å². The number of hydrogen-bond acceptors (Lipinski definition) is 3. The standard InChI is InChI=1S/C12H26N2O2/c1-10(2)5-7-16-8-6-14-12(3,4)9-11(13)15/h10,14H,5-9H2,1-4H3,(H2,13,15). The van der Waals surface area contributed by atoms with E-state index in [2.05, 4.69) is 19.2 Å². The summed E-state index contributed by atoms with van der Waals surface area (Å²) in [7, 11) is 0. The Labute approximate surface area is 98.9 Å². The van der Waals surface area contributed by atoms with E-state index in [0.29, 0.717) is 18.9 Å². The maximum atomic E-state index is 10.8. The van der Waals surface area contributed by atoms with Gasteiger partial charge in [-0.2, -0.15) is 0 Å². The highest BCUT2D eigenvalue weighted by Crippen LogP contribution is 2.06. The fraction of sp³-hybridized carbons (Fsp3) is 0.917. The van der Waals surface area contributed by atoms with E-state index in [4.69, 9.17) is 10.5 Å². The molecule has 0 saturated heterocycles. The molecule has 0 rings (SSSR count). The van der Waals surface area contributed by atoms with E-state index in [9.17, 15) is 4.79 Å². The predicted octanol–water partition coefficient (Wildman–Crippen LogP) is 1.29. The Hall–Kier alpha value is -0.610. The van der Waals surface area contributed by atoms with Gasteiger partial charge in [0.2, 0.25) is 5.91 Å². The van der Waals surface area contributed by atoms with Gasteiger partial charge < -0.3 is 15.8 Å². The van der Waals surface area contributed by atoms with Gasteiger partial charge in [-0.1, -0.05) is 13.8 Å². The molecule has 16 heavy (non-hydrogen) atoms. The molecule has 0 atom stereocenters. The molecular weight excluding hydrogens is 204 g/mol. The fourth-order valence-electron chi connectivity index (χ4n) is 1.38. The first-order valence-corrected chi connectivity index (χ1v) is 5.94.